The smallest absolute Gasteiger partial charge is 0.146 e. The van der Waals surface area contributed by atoms with Crippen molar-refractivity contribution >= 4 is 5.69 Å². The molecule has 0 fully saturated rings. The van der Waals surface area contributed by atoms with Crippen molar-refractivity contribution in [3.63, 3.8) is 0 Å². The molecular weight excluding hydrogens is 225 g/mol. The van der Waals surface area contributed by atoms with Crippen molar-refractivity contribution in [3.8, 4) is 0 Å². The van der Waals surface area contributed by atoms with Crippen LogP contribution in [0, 0.1) is 5.82 Å². The Morgan fingerprint density at radius 1 is 1.06 bits per heavy atom. The van der Waals surface area contributed by atoms with Crippen molar-refractivity contribution in [2.75, 3.05) is 4.90 Å². The molecule has 18 heavy (non-hydrogen) atoms. The molecule has 92 valence electrons. The Bertz CT molecular complexity index is 552. The Morgan fingerprint density at radius 3 is 2.28 bits per heavy atom. The molecule has 0 amide bonds. The highest BCUT2D eigenvalue weighted by Crippen LogP contribution is 2.30. The number of anilines is 1. The molecule has 0 saturated carbocycles. The summed E-state index contributed by atoms with van der Waals surface area (Å²) < 4.78 is 14.1. The normalized spacial score (nSPS) is 13.8. The molecule has 2 aromatic rings. The Morgan fingerprint density at radius 2 is 1.72 bits per heavy atom. The zero-order chi connectivity index (χ0) is 12.5. The van der Waals surface area contributed by atoms with Gasteiger partial charge in [-0.1, -0.05) is 37.3 Å². The van der Waals surface area contributed by atoms with E-state index in [4.69, 9.17) is 0 Å². The van der Waals surface area contributed by atoms with Gasteiger partial charge < -0.3 is 4.90 Å². The molecular formula is C16H16FN. The maximum Gasteiger partial charge on any atom is 0.146 e. The van der Waals surface area contributed by atoms with E-state index in [0.717, 1.165) is 25.1 Å². The van der Waals surface area contributed by atoms with Gasteiger partial charge in [0.1, 0.15) is 5.82 Å². The molecule has 3 rings (SSSR count). The molecule has 2 heteroatoms. The molecule has 0 atom stereocenters. The Labute approximate surface area is 107 Å². The van der Waals surface area contributed by atoms with Gasteiger partial charge in [-0.25, -0.2) is 4.39 Å². The minimum Gasteiger partial charge on any atom is -0.360 e. The van der Waals surface area contributed by atoms with E-state index < -0.39 is 0 Å². The zero-order valence-corrected chi connectivity index (χ0v) is 10.5. The van der Waals surface area contributed by atoms with E-state index in [0.29, 0.717) is 5.69 Å². The Hall–Kier alpha value is -1.83. The summed E-state index contributed by atoms with van der Waals surface area (Å²) in [6, 6.07) is 13.9. The van der Waals surface area contributed by atoms with Crippen molar-refractivity contribution in [2.24, 2.45) is 0 Å². The summed E-state index contributed by atoms with van der Waals surface area (Å²) in [5, 5.41) is 0. The van der Waals surface area contributed by atoms with Gasteiger partial charge in [0.05, 0.1) is 5.69 Å². The predicted octanol–water partition coefficient (Wildman–Crippen LogP) is 3.91. The minimum absolute atomic E-state index is 0.109. The third kappa shape index (κ3) is 1.88. The van der Waals surface area contributed by atoms with Crippen LogP contribution in [0.3, 0.4) is 0 Å². The van der Waals surface area contributed by atoms with Gasteiger partial charge in [0.25, 0.3) is 0 Å². The molecule has 0 N–H and O–H groups in total. The zero-order valence-electron chi connectivity index (χ0n) is 10.5. The molecule has 0 saturated heterocycles. The van der Waals surface area contributed by atoms with E-state index in [1.807, 2.05) is 31.2 Å². The number of benzene rings is 2. The summed E-state index contributed by atoms with van der Waals surface area (Å²) in [6.45, 7) is 3.65. The number of nitrogens with zero attached hydrogens (tertiary/aromatic N) is 1. The first-order valence-corrected chi connectivity index (χ1v) is 6.38. The van der Waals surface area contributed by atoms with E-state index in [9.17, 15) is 4.39 Å². The van der Waals surface area contributed by atoms with Crippen LogP contribution >= 0.6 is 0 Å². The number of hydrogen-bond donors (Lipinski definition) is 0. The van der Waals surface area contributed by atoms with Crippen LogP contribution in [0.1, 0.15) is 23.6 Å². The van der Waals surface area contributed by atoms with Gasteiger partial charge >= 0.3 is 0 Å². The first-order chi connectivity index (χ1) is 8.78. The van der Waals surface area contributed by atoms with Crippen LogP contribution in [-0.2, 0) is 19.5 Å². The van der Waals surface area contributed by atoms with E-state index in [2.05, 4.69) is 17.0 Å². The van der Waals surface area contributed by atoms with E-state index in [-0.39, 0.29) is 5.82 Å². The van der Waals surface area contributed by atoms with Gasteiger partial charge in [0.2, 0.25) is 0 Å². The molecule has 2 aromatic carbocycles. The molecule has 1 aliphatic heterocycles. The highest BCUT2D eigenvalue weighted by molar-refractivity contribution is 5.53. The largest absolute Gasteiger partial charge is 0.360 e. The van der Waals surface area contributed by atoms with Crippen LogP contribution in [0.15, 0.2) is 42.5 Å². The molecule has 0 spiro atoms. The predicted molar refractivity (Wildman–Crippen MR) is 72.1 cm³/mol. The lowest BCUT2D eigenvalue weighted by molar-refractivity contribution is 0.617. The second-order valence-electron chi connectivity index (χ2n) is 4.76. The molecule has 1 heterocycles. The second kappa shape index (κ2) is 4.45. The standard InChI is InChI=1S/C16H16FN/c1-2-12-7-8-16(15(17)9-12)18-10-13-5-3-4-6-14(13)11-18/h3-9H,2,10-11H2,1H3. The van der Waals surface area contributed by atoms with Crippen molar-refractivity contribution in [1.29, 1.82) is 0 Å². The van der Waals surface area contributed by atoms with E-state index in [1.165, 1.54) is 11.1 Å². The van der Waals surface area contributed by atoms with Crippen molar-refractivity contribution in [2.45, 2.75) is 26.4 Å². The second-order valence-corrected chi connectivity index (χ2v) is 4.76. The SMILES string of the molecule is CCc1ccc(N2Cc3ccccc3C2)c(F)c1. The molecule has 1 aliphatic rings. The number of halogens is 1. The van der Waals surface area contributed by atoms with Crippen molar-refractivity contribution < 1.29 is 4.39 Å². The molecule has 0 aliphatic carbocycles. The Balaban J connectivity index is 1.90. The molecule has 1 nitrogen and oxygen atoms in total. The molecule has 0 bridgehead atoms. The maximum absolute atomic E-state index is 14.1. The fourth-order valence-corrected chi connectivity index (χ4v) is 2.53. The highest BCUT2D eigenvalue weighted by atomic mass is 19.1. The minimum atomic E-state index is -0.109. The van der Waals surface area contributed by atoms with Gasteiger partial charge in [0, 0.05) is 13.1 Å². The van der Waals surface area contributed by atoms with Gasteiger partial charge in [-0.15, -0.1) is 0 Å². The fourth-order valence-electron chi connectivity index (χ4n) is 2.53. The van der Waals surface area contributed by atoms with Crippen molar-refractivity contribution in [1.82, 2.24) is 0 Å². The number of fused-ring (bicyclic) bond motifs is 1. The summed E-state index contributed by atoms with van der Waals surface area (Å²) in [6.07, 6.45) is 0.872. The van der Waals surface area contributed by atoms with E-state index in [1.54, 1.807) is 6.07 Å². The van der Waals surface area contributed by atoms with Gasteiger partial charge in [0.15, 0.2) is 0 Å². The monoisotopic (exact) mass is 241 g/mol. The summed E-state index contributed by atoms with van der Waals surface area (Å²) >= 11 is 0. The first-order valence-electron chi connectivity index (χ1n) is 6.38. The van der Waals surface area contributed by atoms with Gasteiger partial charge in [-0.05, 0) is 35.2 Å². The first kappa shape index (κ1) is 11.3. The van der Waals surface area contributed by atoms with Crippen molar-refractivity contribution in [3.05, 3.63) is 65.0 Å². The Kier molecular flexibility index (Phi) is 2.78. The van der Waals surface area contributed by atoms with Crippen LogP contribution in [0.4, 0.5) is 10.1 Å². The fraction of sp³-hybridized carbons (Fsp3) is 0.250. The average Bonchev–Trinajstić information content (AvgIpc) is 2.81. The summed E-state index contributed by atoms with van der Waals surface area (Å²) in [4.78, 5) is 2.10. The van der Waals surface area contributed by atoms with Gasteiger partial charge in [-0.3, -0.25) is 0 Å². The highest BCUT2D eigenvalue weighted by Gasteiger charge is 2.20. The number of hydrogen-bond acceptors (Lipinski definition) is 1. The van der Waals surface area contributed by atoms with Crippen LogP contribution < -0.4 is 4.90 Å². The molecule has 0 unspecified atom stereocenters. The summed E-state index contributed by atoms with van der Waals surface area (Å²) in [7, 11) is 0. The van der Waals surface area contributed by atoms with Crippen LogP contribution in [0.5, 0.6) is 0 Å². The third-order valence-electron chi connectivity index (χ3n) is 3.60. The molecule has 0 radical (unpaired) electrons. The van der Waals surface area contributed by atoms with Crippen LogP contribution in [0.2, 0.25) is 0 Å². The quantitative estimate of drug-likeness (QED) is 0.770. The number of rotatable bonds is 2. The topological polar surface area (TPSA) is 3.24 Å². The molecule has 0 aromatic heterocycles. The summed E-state index contributed by atoms with van der Waals surface area (Å²) in [5.74, 6) is -0.109. The lowest BCUT2D eigenvalue weighted by Gasteiger charge is -2.18. The van der Waals surface area contributed by atoms with Gasteiger partial charge in [-0.2, -0.15) is 0 Å². The summed E-state index contributed by atoms with van der Waals surface area (Å²) in [5.41, 5.74) is 4.37. The average molecular weight is 241 g/mol. The lowest BCUT2D eigenvalue weighted by Crippen LogP contribution is -2.16. The number of aryl methyl sites for hydroxylation is 1. The van der Waals surface area contributed by atoms with E-state index >= 15 is 0 Å². The van der Waals surface area contributed by atoms with Crippen LogP contribution in [-0.4, -0.2) is 0 Å². The van der Waals surface area contributed by atoms with Crippen LogP contribution in [0.25, 0.3) is 0 Å². The third-order valence-corrected chi connectivity index (χ3v) is 3.60. The maximum atomic E-state index is 14.1. The lowest BCUT2D eigenvalue weighted by atomic mass is 10.1.